The van der Waals surface area contributed by atoms with Crippen LogP contribution in [-0.2, 0) is 4.79 Å². The summed E-state index contributed by atoms with van der Waals surface area (Å²) in [7, 11) is 0. The molecule has 0 aliphatic heterocycles. The van der Waals surface area contributed by atoms with Gasteiger partial charge < -0.3 is 10.6 Å². The summed E-state index contributed by atoms with van der Waals surface area (Å²) < 4.78 is 0. The third kappa shape index (κ3) is 4.60. The van der Waals surface area contributed by atoms with Gasteiger partial charge in [0.1, 0.15) is 0 Å². The smallest absolute Gasteiger partial charge is 0.227 e. The minimum atomic E-state index is 0.150. The Morgan fingerprint density at radius 3 is 2.64 bits per heavy atom. The van der Waals surface area contributed by atoms with Crippen LogP contribution in [0.15, 0.2) is 53.9 Å². The Hall–Kier alpha value is -2.66. The summed E-state index contributed by atoms with van der Waals surface area (Å²) in [6.07, 6.45) is 5.58. The van der Waals surface area contributed by atoms with E-state index in [-0.39, 0.29) is 11.8 Å². The molecule has 1 fully saturated rings. The first-order valence-corrected chi connectivity index (χ1v) is 10.8. The zero-order valence-electron chi connectivity index (χ0n) is 16.1. The Kier molecular flexibility index (Phi) is 5.72. The number of aromatic nitrogens is 1. The maximum Gasteiger partial charge on any atom is 0.227 e. The second kappa shape index (κ2) is 8.57. The van der Waals surface area contributed by atoms with Crippen molar-refractivity contribution in [2.24, 2.45) is 5.92 Å². The van der Waals surface area contributed by atoms with Crippen LogP contribution in [0.1, 0.15) is 37.7 Å². The van der Waals surface area contributed by atoms with Gasteiger partial charge in [0, 0.05) is 28.2 Å². The van der Waals surface area contributed by atoms with Gasteiger partial charge in [-0.1, -0.05) is 43.5 Å². The van der Waals surface area contributed by atoms with Crippen molar-refractivity contribution in [1.29, 1.82) is 0 Å². The predicted octanol–water partition coefficient (Wildman–Crippen LogP) is 6.38. The lowest BCUT2D eigenvalue weighted by Gasteiger charge is -2.20. The second-order valence-corrected chi connectivity index (χ2v) is 8.30. The van der Waals surface area contributed by atoms with Crippen molar-refractivity contribution in [3.05, 3.63) is 59.5 Å². The van der Waals surface area contributed by atoms with E-state index < -0.39 is 0 Å². The highest BCUT2D eigenvalue weighted by Crippen LogP contribution is 2.30. The SMILES string of the molecule is Cc1cccc(Nc2nc(-c3cccc(NC(=O)C4CCCCC4)c3)cs2)c1. The Labute approximate surface area is 170 Å². The average molecular weight is 392 g/mol. The molecule has 0 bridgehead atoms. The molecule has 5 heteroatoms. The molecule has 0 radical (unpaired) electrons. The van der Waals surface area contributed by atoms with E-state index in [1.165, 1.54) is 12.0 Å². The lowest BCUT2D eigenvalue weighted by molar-refractivity contribution is -0.120. The number of carbonyl (C=O) groups excluding carboxylic acids is 1. The van der Waals surface area contributed by atoms with Crippen LogP contribution in [-0.4, -0.2) is 10.9 Å². The Bertz CT molecular complexity index is 960. The summed E-state index contributed by atoms with van der Waals surface area (Å²) >= 11 is 1.58. The number of rotatable bonds is 5. The molecule has 0 unspecified atom stereocenters. The first-order valence-electron chi connectivity index (χ1n) is 9.88. The molecule has 0 spiro atoms. The predicted molar refractivity (Wildman–Crippen MR) is 117 cm³/mol. The molecule has 144 valence electrons. The number of thiazole rings is 1. The first kappa shape index (κ1) is 18.7. The van der Waals surface area contributed by atoms with Gasteiger partial charge in [-0.05, 0) is 49.6 Å². The highest BCUT2D eigenvalue weighted by Gasteiger charge is 2.21. The van der Waals surface area contributed by atoms with Gasteiger partial charge in [-0.25, -0.2) is 4.98 Å². The van der Waals surface area contributed by atoms with Gasteiger partial charge in [-0.3, -0.25) is 4.79 Å². The van der Waals surface area contributed by atoms with Crippen molar-refractivity contribution in [1.82, 2.24) is 4.98 Å². The van der Waals surface area contributed by atoms with Gasteiger partial charge in [0.2, 0.25) is 5.91 Å². The van der Waals surface area contributed by atoms with Crippen LogP contribution in [0.2, 0.25) is 0 Å². The van der Waals surface area contributed by atoms with E-state index in [2.05, 4.69) is 29.7 Å². The van der Waals surface area contributed by atoms with Gasteiger partial charge in [-0.15, -0.1) is 11.3 Å². The molecular formula is C23H25N3OS. The molecule has 3 aromatic rings. The monoisotopic (exact) mass is 391 g/mol. The van der Waals surface area contributed by atoms with Crippen molar-refractivity contribution in [3.8, 4) is 11.3 Å². The zero-order chi connectivity index (χ0) is 19.3. The van der Waals surface area contributed by atoms with Crippen LogP contribution in [0.3, 0.4) is 0 Å². The van der Waals surface area contributed by atoms with Crippen LogP contribution in [0.4, 0.5) is 16.5 Å². The van der Waals surface area contributed by atoms with Gasteiger partial charge in [0.05, 0.1) is 5.69 Å². The number of hydrogen-bond donors (Lipinski definition) is 2. The molecule has 1 aliphatic rings. The number of carbonyl (C=O) groups is 1. The van der Waals surface area contributed by atoms with Crippen molar-refractivity contribution in [2.45, 2.75) is 39.0 Å². The summed E-state index contributed by atoms with van der Waals surface area (Å²) in [4.78, 5) is 17.2. The quantitative estimate of drug-likeness (QED) is 0.530. The number of hydrogen-bond acceptors (Lipinski definition) is 4. The summed E-state index contributed by atoms with van der Waals surface area (Å²) in [5.41, 5.74) is 5.01. The van der Waals surface area contributed by atoms with Gasteiger partial charge in [-0.2, -0.15) is 0 Å². The topological polar surface area (TPSA) is 54.0 Å². The molecule has 1 heterocycles. The molecule has 2 aromatic carbocycles. The maximum atomic E-state index is 12.5. The van der Waals surface area contributed by atoms with Crippen molar-refractivity contribution in [3.63, 3.8) is 0 Å². The van der Waals surface area contributed by atoms with E-state index in [4.69, 9.17) is 4.98 Å². The summed E-state index contributed by atoms with van der Waals surface area (Å²) in [6, 6.07) is 16.2. The number of nitrogens with zero attached hydrogens (tertiary/aromatic N) is 1. The molecule has 28 heavy (non-hydrogen) atoms. The number of amides is 1. The van der Waals surface area contributed by atoms with E-state index in [1.54, 1.807) is 11.3 Å². The van der Waals surface area contributed by atoms with E-state index in [9.17, 15) is 4.79 Å². The fourth-order valence-corrected chi connectivity index (χ4v) is 4.42. The maximum absolute atomic E-state index is 12.5. The summed E-state index contributed by atoms with van der Waals surface area (Å²) in [5.74, 6) is 0.304. The third-order valence-electron chi connectivity index (χ3n) is 5.18. The number of anilines is 3. The molecule has 4 rings (SSSR count). The van der Waals surface area contributed by atoms with E-state index >= 15 is 0 Å². The normalized spacial score (nSPS) is 14.6. The fourth-order valence-electron chi connectivity index (χ4n) is 3.68. The molecule has 0 saturated heterocycles. The van der Waals surface area contributed by atoms with Crippen LogP contribution in [0.25, 0.3) is 11.3 Å². The lowest BCUT2D eigenvalue weighted by Crippen LogP contribution is -2.24. The summed E-state index contributed by atoms with van der Waals surface area (Å²) in [6.45, 7) is 2.07. The van der Waals surface area contributed by atoms with Crippen LogP contribution >= 0.6 is 11.3 Å². The standard InChI is InChI=1S/C23H25N3OS/c1-16-7-5-11-19(13-16)25-23-26-21(15-28-23)18-10-6-12-20(14-18)24-22(27)17-8-3-2-4-9-17/h5-7,10-15,17H,2-4,8-9H2,1H3,(H,24,27)(H,25,26). The van der Waals surface area contributed by atoms with Gasteiger partial charge >= 0.3 is 0 Å². The van der Waals surface area contributed by atoms with E-state index in [0.717, 1.165) is 53.4 Å². The number of nitrogens with one attached hydrogen (secondary N) is 2. The minimum absolute atomic E-state index is 0.150. The second-order valence-electron chi connectivity index (χ2n) is 7.44. The van der Waals surface area contributed by atoms with Crippen molar-refractivity contribution in [2.75, 3.05) is 10.6 Å². The molecule has 1 saturated carbocycles. The molecule has 1 aliphatic carbocycles. The van der Waals surface area contributed by atoms with Gasteiger partial charge in [0.25, 0.3) is 0 Å². The van der Waals surface area contributed by atoms with E-state index in [1.807, 2.05) is 41.8 Å². The molecule has 4 nitrogen and oxygen atoms in total. The van der Waals surface area contributed by atoms with Crippen molar-refractivity contribution < 1.29 is 4.79 Å². The molecule has 2 N–H and O–H groups in total. The highest BCUT2D eigenvalue weighted by atomic mass is 32.1. The lowest BCUT2D eigenvalue weighted by atomic mass is 9.88. The highest BCUT2D eigenvalue weighted by molar-refractivity contribution is 7.14. The Balaban J connectivity index is 1.45. The number of benzene rings is 2. The largest absolute Gasteiger partial charge is 0.332 e. The average Bonchev–Trinajstić information content (AvgIpc) is 3.17. The van der Waals surface area contributed by atoms with Crippen LogP contribution in [0, 0.1) is 12.8 Å². The fraction of sp³-hybridized carbons (Fsp3) is 0.304. The van der Waals surface area contributed by atoms with Crippen molar-refractivity contribution >= 4 is 33.8 Å². The molecule has 1 aromatic heterocycles. The first-order chi connectivity index (χ1) is 13.7. The third-order valence-corrected chi connectivity index (χ3v) is 5.93. The Morgan fingerprint density at radius 2 is 1.82 bits per heavy atom. The van der Waals surface area contributed by atoms with Gasteiger partial charge in [0.15, 0.2) is 5.13 Å². The van der Waals surface area contributed by atoms with E-state index in [0.29, 0.717) is 0 Å². The minimum Gasteiger partial charge on any atom is -0.332 e. The molecular weight excluding hydrogens is 366 g/mol. The number of aryl methyl sites for hydroxylation is 1. The molecule has 0 atom stereocenters. The summed E-state index contributed by atoms with van der Waals surface area (Å²) in [5, 5.41) is 9.36. The van der Waals surface area contributed by atoms with Crippen LogP contribution in [0.5, 0.6) is 0 Å². The van der Waals surface area contributed by atoms with Crippen LogP contribution < -0.4 is 10.6 Å². The Morgan fingerprint density at radius 1 is 1.04 bits per heavy atom. The zero-order valence-corrected chi connectivity index (χ0v) is 16.9. The molecule has 1 amide bonds.